The topological polar surface area (TPSA) is 57.7 Å². The lowest BCUT2D eigenvalue weighted by Crippen LogP contribution is -2.71. The van der Waals surface area contributed by atoms with Crippen LogP contribution in [0.25, 0.3) is 5.57 Å². The van der Waals surface area contributed by atoms with Crippen molar-refractivity contribution in [2.45, 2.75) is 89.1 Å². The maximum Gasteiger partial charge on any atom is 0.407 e. The number of carbonyl (C=O) groups is 1. The Hall–Kier alpha value is -2.86. The van der Waals surface area contributed by atoms with Gasteiger partial charge in [-0.2, -0.15) is 0 Å². The van der Waals surface area contributed by atoms with Crippen LogP contribution in [0.2, 0.25) is 0 Å². The summed E-state index contributed by atoms with van der Waals surface area (Å²) < 4.78 is 5.40. The summed E-state index contributed by atoms with van der Waals surface area (Å²) in [7, 11) is 0. The molecule has 1 N–H and O–H groups in total. The van der Waals surface area contributed by atoms with Crippen molar-refractivity contribution < 1.29 is 9.53 Å². The van der Waals surface area contributed by atoms with Crippen LogP contribution < -0.4 is 10.2 Å². The van der Waals surface area contributed by atoms with Crippen molar-refractivity contribution in [1.82, 2.24) is 15.2 Å². The van der Waals surface area contributed by atoms with E-state index in [4.69, 9.17) is 9.72 Å². The van der Waals surface area contributed by atoms with Crippen LogP contribution in [0, 0.1) is 5.92 Å². The van der Waals surface area contributed by atoms with Gasteiger partial charge in [-0.15, -0.1) is 0 Å². The lowest BCUT2D eigenvalue weighted by atomic mass is 9.48. The molecule has 1 aromatic carbocycles. The number of carbonyl (C=O) groups excluding carboxylic acids is 1. The largest absolute Gasteiger partial charge is 0.444 e. The second-order valence-corrected chi connectivity index (χ2v) is 13.1. The van der Waals surface area contributed by atoms with Crippen molar-refractivity contribution in [1.29, 1.82) is 0 Å². The van der Waals surface area contributed by atoms with E-state index in [2.05, 4.69) is 58.4 Å². The van der Waals surface area contributed by atoms with Gasteiger partial charge in [0.25, 0.3) is 0 Å². The van der Waals surface area contributed by atoms with E-state index in [1.165, 1.54) is 36.1 Å². The minimum absolute atomic E-state index is 0.109. The summed E-state index contributed by atoms with van der Waals surface area (Å²) in [6.07, 6.45) is 7.98. The number of alkyl carbamates (subject to hydrolysis) is 1. The number of fused-ring (bicyclic) bond motifs is 2. The van der Waals surface area contributed by atoms with E-state index in [0.717, 1.165) is 37.5 Å². The normalized spacial score (nSPS) is 30.6. The third-order valence-electron chi connectivity index (χ3n) is 9.27. The smallest absolute Gasteiger partial charge is 0.407 e. The molecule has 0 spiro atoms. The molecule has 194 valence electrons. The first-order chi connectivity index (χ1) is 17.7. The molecule has 0 unspecified atom stereocenters. The van der Waals surface area contributed by atoms with E-state index in [-0.39, 0.29) is 18.2 Å². The van der Waals surface area contributed by atoms with Crippen LogP contribution in [0.3, 0.4) is 0 Å². The molecule has 2 atom stereocenters. The van der Waals surface area contributed by atoms with Crippen LogP contribution in [-0.2, 0) is 11.2 Å². The second-order valence-electron chi connectivity index (χ2n) is 13.1. The van der Waals surface area contributed by atoms with E-state index < -0.39 is 5.60 Å². The molecule has 6 nitrogen and oxygen atoms in total. The predicted octanol–water partition coefficient (Wildman–Crippen LogP) is 5.49. The van der Waals surface area contributed by atoms with Crippen molar-refractivity contribution in [2.24, 2.45) is 5.92 Å². The minimum atomic E-state index is -0.479. The highest BCUT2D eigenvalue weighted by molar-refractivity contribution is 5.79. The Morgan fingerprint density at radius 1 is 1.11 bits per heavy atom. The molecule has 1 aromatic heterocycles. The number of ether oxygens (including phenoxy) is 1. The predicted molar refractivity (Wildman–Crippen MR) is 145 cm³/mol. The van der Waals surface area contributed by atoms with Crippen molar-refractivity contribution in [2.75, 3.05) is 18.0 Å². The Kier molecular flexibility index (Phi) is 5.07. The first kappa shape index (κ1) is 23.3. The van der Waals surface area contributed by atoms with E-state index >= 15 is 0 Å². The van der Waals surface area contributed by atoms with Crippen LogP contribution in [0.5, 0.6) is 0 Å². The Bertz CT molecular complexity index is 1250. The maximum atomic E-state index is 12.1. The van der Waals surface area contributed by atoms with Crippen LogP contribution in [0.1, 0.15) is 76.2 Å². The summed E-state index contributed by atoms with van der Waals surface area (Å²) in [6.45, 7) is 9.66. The minimum Gasteiger partial charge on any atom is -0.444 e. The van der Waals surface area contributed by atoms with Crippen molar-refractivity contribution >= 4 is 17.4 Å². The van der Waals surface area contributed by atoms with E-state index in [9.17, 15) is 4.79 Å². The zero-order valence-corrected chi connectivity index (χ0v) is 22.5. The molecule has 4 fully saturated rings. The summed E-state index contributed by atoms with van der Waals surface area (Å²) in [6, 6.07) is 14.4. The molecule has 2 aliphatic heterocycles. The molecule has 37 heavy (non-hydrogen) atoms. The van der Waals surface area contributed by atoms with Gasteiger partial charge in [-0.05, 0) is 100 Å². The molecule has 2 bridgehead atoms. The standard InChI is InChI=1S/C31H38N4O2/c1-19-11-25-24-8-6-5-7-21(24)12-26(25)28(35(19)31-13-20(14-31)15-31)27-10-9-23(16-32-27)34-17-22(18-34)33-29(36)37-30(2,3)4/h5-10,16,19-20,22,28H,11-15,17-18H2,1-4H3,(H,33,36)/t19-,20?,28+,31?/m1/s1. The van der Waals surface area contributed by atoms with Gasteiger partial charge in [-0.3, -0.25) is 9.88 Å². The number of anilines is 1. The van der Waals surface area contributed by atoms with Gasteiger partial charge in [0.15, 0.2) is 0 Å². The number of hydrogen-bond donors (Lipinski definition) is 1. The summed E-state index contributed by atoms with van der Waals surface area (Å²) in [4.78, 5) is 22.3. The lowest BCUT2D eigenvalue weighted by molar-refractivity contribution is -0.173. The van der Waals surface area contributed by atoms with Gasteiger partial charge in [0.2, 0.25) is 0 Å². The summed E-state index contributed by atoms with van der Waals surface area (Å²) >= 11 is 0. The number of rotatable bonds is 4. The fourth-order valence-corrected chi connectivity index (χ4v) is 7.59. The molecule has 6 aliphatic rings. The van der Waals surface area contributed by atoms with Crippen LogP contribution in [-0.4, -0.2) is 52.3 Å². The molecule has 8 rings (SSSR count). The summed E-state index contributed by atoms with van der Waals surface area (Å²) in [5.41, 5.74) is 8.31. The average molecular weight is 499 g/mol. The van der Waals surface area contributed by atoms with Crippen LogP contribution >= 0.6 is 0 Å². The SMILES string of the molecule is C[C@@H]1CC2=C(Cc3ccccc32)[C@@H](c2ccc(N3CC(NC(=O)OC(C)(C)C)C3)cn2)N1C12CC(C1)C2. The van der Waals surface area contributed by atoms with Gasteiger partial charge in [0, 0.05) is 24.7 Å². The zero-order valence-electron chi connectivity index (χ0n) is 22.5. The highest BCUT2D eigenvalue weighted by atomic mass is 16.6. The van der Waals surface area contributed by atoms with Crippen molar-refractivity contribution in [3.8, 4) is 0 Å². The molecular formula is C31H38N4O2. The molecule has 4 aliphatic carbocycles. The number of nitrogens with zero attached hydrogens (tertiary/aromatic N) is 3. The molecule has 0 radical (unpaired) electrons. The highest BCUT2D eigenvalue weighted by Crippen LogP contribution is 2.65. The van der Waals surface area contributed by atoms with Gasteiger partial charge >= 0.3 is 6.09 Å². The number of aromatic nitrogens is 1. The van der Waals surface area contributed by atoms with Crippen LogP contribution in [0.4, 0.5) is 10.5 Å². The molecular weight excluding hydrogens is 460 g/mol. The fraction of sp³-hybridized carbons (Fsp3) is 0.548. The number of nitrogens with one attached hydrogen (secondary N) is 1. The Labute approximate surface area is 220 Å². The first-order valence-electron chi connectivity index (χ1n) is 14.0. The zero-order chi connectivity index (χ0) is 25.5. The number of amides is 1. The van der Waals surface area contributed by atoms with Gasteiger partial charge in [-0.1, -0.05) is 24.3 Å². The fourth-order valence-electron chi connectivity index (χ4n) is 7.59. The maximum absolute atomic E-state index is 12.1. The Morgan fingerprint density at radius 2 is 1.86 bits per heavy atom. The molecule has 1 saturated heterocycles. The summed E-state index contributed by atoms with van der Waals surface area (Å²) in [5.74, 6) is 0.952. The van der Waals surface area contributed by atoms with Crippen molar-refractivity contribution in [3.63, 3.8) is 0 Å². The van der Waals surface area contributed by atoms with Gasteiger partial charge in [0.1, 0.15) is 5.60 Å². The quantitative estimate of drug-likeness (QED) is 0.604. The molecule has 6 heteroatoms. The number of hydrogen-bond acceptors (Lipinski definition) is 5. The molecule has 2 aromatic rings. The monoisotopic (exact) mass is 498 g/mol. The third-order valence-corrected chi connectivity index (χ3v) is 9.27. The Balaban J connectivity index is 1.11. The number of pyridine rings is 1. The van der Waals surface area contributed by atoms with Crippen molar-refractivity contribution in [3.05, 3.63) is 65.0 Å². The lowest BCUT2D eigenvalue weighted by Gasteiger charge is -2.70. The van der Waals surface area contributed by atoms with Gasteiger partial charge in [-0.25, -0.2) is 4.79 Å². The first-order valence-corrected chi connectivity index (χ1v) is 14.0. The van der Waals surface area contributed by atoms with E-state index in [1.807, 2.05) is 27.0 Å². The van der Waals surface area contributed by atoms with E-state index in [1.54, 1.807) is 11.1 Å². The average Bonchev–Trinajstić information content (AvgIpc) is 3.11. The third kappa shape index (κ3) is 3.79. The van der Waals surface area contributed by atoms with Gasteiger partial charge in [0.05, 0.1) is 29.7 Å². The molecule has 3 saturated carbocycles. The Morgan fingerprint density at radius 3 is 2.51 bits per heavy atom. The number of benzene rings is 1. The second kappa shape index (κ2) is 8.07. The molecule has 1 amide bonds. The van der Waals surface area contributed by atoms with Crippen LogP contribution in [0.15, 0.2) is 48.2 Å². The van der Waals surface area contributed by atoms with Gasteiger partial charge < -0.3 is 15.0 Å². The van der Waals surface area contributed by atoms with E-state index in [0.29, 0.717) is 11.6 Å². The molecule has 3 heterocycles. The highest BCUT2D eigenvalue weighted by Gasteiger charge is 2.63. The summed E-state index contributed by atoms with van der Waals surface area (Å²) in [5, 5.41) is 2.98.